The van der Waals surface area contributed by atoms with Crippen molar-refractivity contribution in [1.82, 2.24) is 20.0 Å². The molecule has 1 aromatic carbocycles. The van der Waals surface area contributed by atoms with E-state index in [0.717, 1.165) is 18.4 Å². The van der Waals surface area contributed by atoms with Gasteiger partial charge in [0.25, 0.3) is 10.0 Å². The Morgan fingerprint density at radius 2 is 1.73 bits per heavy atom. The van der Waals surface area contributed by atoms with E-state index in [4.69, 9.17) is 14.2 Å². The summed E-state index contributed by atoms with van der Waals surface area (Å²) < 4.78 is 42.9. The highest BCUT2D eigenvalue weighted by atomic mass is 32.2. The molecule has 0 radical (unpaired) electrons. The van der Waals surface area contributed by atoms with Crippen molar-refractivity contribution in [3.63, 3.8) is 0 Å². The zero-order valence-electron chi connectivity index (χ0n) is 21.1. The van der Waals surface area contributed by atoms with Gasteiger partial charge in [-0.2, -0.15) is 0 Å². The number of nitrogens with one attached hydrogen (secondary N) is 3. The second-order valence-electron chi connectivity index (χ2n) is 10.4. The van der Waals surface area contributed by atoms with Gasteiger partial charge in [-0.05, 0) is 64.8 Å². The number of benzene rings is 1. The lowest BCUT2D eigenvalue weighted by Gasteiger charge is -2.19. The molecule has 1 aliphatic carbocycles. The van der Waals surface area contributed by atoms with E-state index in [1.165, 1.54) is 24.3 Å². The summed E-state index contributed by atoms with van der Waals surface area (Å²) in [4.78, 5) is 32.3. The third kappa shape index (κ3) is 7.52. The van der Waals surface area contributed by atoms with Gasteiger partial charge in [0, 0.05) is 35.6 Å². The number of amides is 2. The van der Waals surface area contributed by atoms with Crippen molar-refractivity contribution in [1.29, 1.82) is 0 Å². The largest absolute Gasteiger partial charge is 0.444 e. The van der Waals surface area contributed by atoms with Crippen LogP contribution in [0.25, 0.3) is 0 Å². The van der Waals surface area contributed by atoms with Crippen LogP contribution in [0.5, 0.6) is 0 Å². The highest BCUT2D eigenvalue weighted by Gasteiger charge is 2.40. The van der Waals surface area contributed by atoms with Crippen LogP contribution in [0.4, 0.5) is 21.2 Å². The molecule has 12 nitrogen and oxygen atoms in total. The quantitative estimate of drug-likeness (QED) is 0.481. The molecule has 37 heavy (non-hydrogen) atoms. The third-order valence-electron chi connectivity index (χ3n) is 5.72. The van der Waals surface area contributed by atoms with Gasteiger partial charge >= 0.3 is 12.2 Å². The van der Waals surface area contributed by atoms with Crippen LogP contribution >= 0.6 is 0 Å². The van der Waals surface area contributed by atoms with Gasteiger partial charge in [-0.25, -0.2) is 32.7 Å². The molecule has 1 aliphatic heterocycles. The zero-order valence-corrected chi connectivity index (χ0v) is 21.9. The Kier molecular flexibility index (Phi) is 7.29. The zero-order chi connectivity index (χ0) is 26.8. The summed E-state index contributed by atoms with van der Waals surface area (Å²) in [5, 5.41) is 5.85. The number of anilines is 2. The van der Waals surface area contributed by atoms with Crippen molar-refractivity contribution in [3.8, 4) is 0 Å². The minimum atomic E-state index is -4.09. The summed E-state index contributed by atoms with van der Waals surface area (Å²) in [6.45, 7) is 7.19. The summed E-state index contributed by atoms with van der Waals surface area (Å²) in [5.41, 5.74) is 0.330. The molecule has 3 N–H and O–H groups in total. The summed E-state index contributed by atoms with van der Waals surface area (Å²) >= 11 is 0. The molecular weight excluding hydrogens is 502 g/mol. The number of carbonyl (C=O) groups excluding carboxylic acids is 2. The van der Waals surface area contributed by atoms with Crippen molar-refractivity contribution in [2.24, 2.45) is 0 Å². The number of ether oxygens (including phenoxy) is 3. The van der Waals surface area contributed by atoms with Gasteiger partial charge in [-0.3, -0.25) is 0 Å². The number of sulfonamides is 1. The lowest BCUT2D eigenvalue weighted by atomic mass is 10.1. The second kappa shape index (κ2) is 10.1. The van der Waals surface area contributed by atoms with Crippen molar-refractivity contribution < 1.29 is 32.2 Å². The molecule has 2 aliphatic rings. The van der Waals surface area contributed by atoms with E-state index in [0.29, 0.717) is 24.7 Å². The van der Waals surface area contributed by atoms with E-state index in [1.807, 2.05) is 11.6 Å². The van der Waals surface area contributed by atoms with E-state index >= 15 is 0 Å². The van der Waals surface area contributed by atoms with E-state index in [-0.39, 0.29) is 22.6 Å². The minimum Gasteiger partial charge on any atom is -0.444 e. The molecule has 2 heterocycles. The van der Waals surface area contributed by atoms with Crippen LogP contribution in [-0.4, -0.2) is 54.4 Å². The number of alkyl carbamates (subject to hydrolysis) is 1. The standard InChI is InChI=1S/C24H31N5O7S/c1-23(2,3)36-22(31)29-37(32,33)18-7-5-16(6-8-18)27-20-25-12-15(13-26-20)19-11-17(14-34-19)35-21(30)28-24(4)9-10-24/h5-8,12-13,17,19H,9-11,14H2,1-4H3,(H,28,30)(H,29,31)(H,25,26,27)/t17-,19+/m1/s1. The molecule has 1 saturated carbocycles. The molecule has 2 fully saturated rings. The first-order chi connectivity index (χ1) is 17.3. The first kappa shape index (κ1) is 26.6. The smallest absolute Gasteiger partial charge is 0.421 e. The van der Waals surface area contributed by atoms with Crippen LogP contribution in [0.1, 0.15) is 58.6 Å². The molecule has 0 spiro atoms. The van der Waals surface area contributed by atoms with Crippen LogP contribution < -0.4 is 15.4 Å². The van der Waals surface area contributed by atoms with Gasteiger partial charge in [0.2, 0.25) is 5.95 Å². The van der Waals surface area contributed by atoms with Gasteiger partial charge in [-0.1, -0.05) is 0 Å². The number of carbonyl (C=O) groups is 2. The van der Waals surface area contributed by atoms with Crippen molar-refractivity contribution in [2.45, 2.75) is 75.2 Å². The molecule has 200 valence electrons. The molecule has 2 aromatic rings. The highest BCUT2D eigenvalue weighted by Crippen LogP contribution is 2.35. The number of hydrogen-bond acceptors (Lipinski definition) is 10. The number of rotatable bonds is 7. The predicted octanol–water partition coefficient (Wildman–Crippen LogP) is 3.54. The Balaban J connectivity index is 1.29. The second-order valence-corrected chi connectivity index (χ2v) is 12.0. The minimum absolute atomic E-state index is 0.102. The van der Waals surface area contributed by atoms with E-state index in [1.54, 1.807) is 33.2 Å². The van der Waals surface area contributed by atoms with Crippen LogP contribution in [0.3, 0.4) is 0 Å². The fourth-order valence-electron chi connectivity index (χ4n) is 3.54. The first-order valence-corrected chi connectivity index (χ1v) is 13.3. The van der Waals surface area contributed by atoms with Crippen LogP contribution in [0, 0.1) is 0 Å². The topological polar surface area (TPSA) is 158 Å². The monoisotopic (exact) mass is 533 g/mol. The van der Waals surface area contributed by atoms with Gasteiger partial charge in [0.15, 0.2) is 0 Å². The van der Waals surface area contributed by atoms with Gasteiger partial charge in [0.1, 0.15) is 11.7 Å². The van der Waals surface area contributed by atoms with Crippen LogP contribution in [0.15, 0.2) is 41.6 Å². The Morgan fingerprint density at radius 1 is 1.08 bits per heavy atom. The van der Waals surface area contributed by atoms with Crippen LogP contribution in [0.2, 0.25) is 0 Å². The SMILES string of the molecule is CC1(NC(=O)O[C@H]2CO[C@H](c3cnc(Nc4ccc(S(=O)(=O)NC(=O)OC(C)(C)C)cc4)nc3)C2)CC1. The number of hydrogen-bond donors (Lipinski definition) is 3. The molecule has 13 heteroatoms. The average Bonchev–Trinajstić information content (AvgIpc) is 3.32. The van der Waals surface area contributed by atoms with Gasteiger partial charge < -0.3 is 24.8 Å². The fraction of sp³-hybridized carbons (Fsp3) is 0.500. The average molecular weight is 534 g/mol. The summed E-state index contributed by atoms with van der Waals surface area (Å²) in [6, 6.07) is 5.73. The molecule has 2 amide bonds. The van der Waals surface area contributed by atoms with E-state index < -0.39 is 27.8 Å². The lowest BCUT2D eigenvalue weighted by Crippen LogP contribution is -2.37. The molecular formula is C24H31N5O7S. The maximum Gasteiger partial charge on any atom is 0.421 e. The first-order valence-electron chi connectivity index (χ1n) is 11.9. The predicted molar refractivity (Wildman–Crippen MR) is 133 cm³/mol. The van der Waals surface area contributed by atoms with E-state index in [9.17, 15) is 18.0 Å². The lowest BCUT2D eigenvalue weighted by molar-refractivity contribution is 0.0570. The molecule has 4 rings (SSSR count). The molecule has 1 aromatic heterocycles. The molecule has 0 bridgehead atoms. The normalized spacial score (nSPS) is 20.5. The summed E-state index contributed by atoms with van der Waals surface area (Å²) in [6.07, 6.45) is 3.56. The van der Waals surface area contributed by atoms with Crippen molar-refractivity contribution in [2.75, 3.05) is 11.9 Å². The van der Waals surface area contributed by atoms with Gasteiger partial charge in [0.05, 0.1) is 17.6 Å². The Bertz CT molecular complexity index is 1240. The van der Waals surface area contributed by atoms with Crippen LogP contribution in [-0.2, 0) is 24.2 Å². The maximum absolute atomic E-state index is 12.4. The Hall–Kier alpha value is -3.45. The van der Waals surface area contributed by atoms with Crippen molar-refractivity contribution in [3.05, 3.63) is 42.2 Å². The van der Waals surface area contributed by atoms with Gasteiger partial charge in [-0.15, -0.1) is 0 Å². The summed E-state index contributed by atoms with van der Waals surface area (Å²) in [5.74, 6) is 0.300. The molecule has 2 atom stereocenters. The Morgan fingerprint density at radius 3 is 2.32 bits per heavy atom. The number of aromatic nitrogens is 2. The Labute approximate surface area is 215 Å². The molecule has 0 unspecified atom stereocenters. The van der Waals surface area contributed by atoms with E-state index in [2.05, 4.69) is 20.6 Å². The third-order valence-corrected chi connectivity index (χ3v) is 7.05. The summed E-state index contributed by atoms with van der Waals surface area (Å²) in [7, 11) is -4.09. The highest BCUT2D eigenvalue weighted by molar-refractivity contribution is 7.90. The maximum atomic E-state index is 12.4. The number of nitrogens with zero attached hydrogens (tertiary/aromatic N) is 2. The molecule has 1 saturated heterocycles. The fourth-order valence-corrected chi connectivity index (χ4v) is 4.41. The van der Waals surface area contributed by atoms with Crippen molar-refractivity contribution >= 4 is 33.8 Å².